The summed E-state index contributed by atoms with van der Waals surface area (Å²) < 4.78 is 12.6. The zero-order chi connectivity index (χ0) is 25.1. The van der Waals surface area contributed by atoms with E-state index in [1.165, 1.54) is 11.6 Å². The van der Waals surface area contributed by atoms with Gasteiger partial charge in [-0.2, -0.15) is 5.26 Å². The molecule has 2 rings (SSSR count). The van der Waals surface area contributed by atoms with E-state index in [4.69, 9.17) is 19.9 Å². The summed E-state index contributed by atoms with van der Waals surface area (Å²) in [5, 5.41) is 30.8. The lowest BCUT2D eigenvalue weighted by Gasteiger charge is -2.28. The summed E-state index contributed by atoms with van der Waals surface area (Å²) in [6, 6.07) is 11.5. The lowest BCUT2D eigenvalue weighted by molar-refractivity contribution is -0.124. The van der Waals surface area contributed by atoms with Crippen molar-refractivity contribution < 1.29 is 29.4 Å². The number of halogens is 2. The van der Waals surface area contributed by atoms with E-state index in [0.717, 1.165) is 0 Å². The number of hydrogen-bond donors (Lipinski definition) is 4. The topological polar surface area (TPSA) is 141 Å². The molecule has 0 aliphatic heterocycles. The molecule has 34 heavy (non-hydrogen) atoms. The highest BCUT2D eigenvalue weighted by atomic mass is 79.9. The number of carbonyl (C=O) groups is 2. The number of ether oxygens (including phenoxy) is 2. The minimum atomic E-state index is -1.01. The van der Waals surface area contributed by atoms with Crippen LogP contribution in [0.2, 0.25) is 0 Å². The first-order valence-corrected chi connectivity index (χ1v) is 11.8. The SMILES string of the molecule is CCO[C@H](CC/C=C/C(=O)NO)[C@H](OC(=O)Nc1ccc(C#N)cc1)c1cc(Br)cc(Br)c1O. The summed E-state index contributed by atoms with van der Waals surface area (Å²) in [5.74, 6) is -0.782. The van der Waals surface area contributed by atoms with Crippen LogP contribution in [0.5, 0.6) is 5.75 Å². The van der Waals surface area contributed by atoms with Crippen molar-refractivity contribution in [3.8, 4) is 11.8 Å². The van der Waals surface area contributed by atoms with E-state index in [9.17, 15) is 14.7 Å². The summed E-state index contributed by atoms with van der Waals surface area (Å²) in [6.07, 6.45) is 0.946. The molecule has 0 saturated carbocycles. The van der Waals surface area contributed by atoms with Gasteiger partial charge in [0.2, 0.25) is 0 Å². The van der Waals surface area contributed by atoms with Crippen LogP contribution in [-0.2, 0) is 14.3 Å². The number of aromatic hydroxyl groups is 1. The normalized spacial score (nSPS) is 12.6. The highest BCUT2D eigenvalue weighted by Crippen LogP contribution is 2.39. The monoisotopic (exact) mass is 595 g/mol. The molecule has 0 spiro atoms. The van der Waals surface area contributed by atoms with Gasteiger partial charge in [0, 0.05) is 28.4 Å². The molecule has 180 valence electrons. The first-order valence-electron chi connectivity index (χ1n) is 10.2. The molecule has 0 unspecified atom stereocenters. The smallest absolute Gasteiger partial charge is 0.412 e. The van der Waals surface area contributed by atoms with Crippen molar-refractivity contribution in [2.45, 2.75) is 32.0 Å². The number of rotatable bonds is 10. The number of hydroxylamine groups is 1. The Hall–Kier alpha value is -2.91. The van der Waals surface area contributed by atoms with E-state index in [0.29, 0.717) is 45.2 Å². The van der Waals surface area contributed by atoms with Crippen molar-refractivity contribution in [1.82, 2.24) is 5.48 Å². The zero-order valence-electron chi connectivity index (χ0n) is 18.1. The molecule has 0 heterocycles. The predicted octanol–water partition coefficient (Wildman–Crippen LogP) is 5.33. The molecule has 0 fully saturated rings. The summed E-state index contributed by atoms with van der Waals surface area (Å²) in [6.45, 7) is 2.09. The van der Waals surface area contributed by atoms with Crippen molar-refractivity contribution in [3.63, 3.8) is 0 Å². The van der Waals surface area contributed by atoms with E-state index >= 15 is 0 Å². The highest BCUT2D eigenvalue weighted by Gasteiger charge is 2.31. The van der Waals surface area contributed by atoms with Crippen LogP contribution < -0.4 is 10.8 Å². The Labute approximate surface area is 213 Å². The second-order valence-electron chi connectivity index (χ2n) is 6.92. The number of nitriles is 1. The van der Waals surface area contributed by atoms with Crippen molar-refractivity contribution in [1.29, 1.82) is 5.26 Å². The summed E-state index contributed by atoms with van der Waals surface area (Å²) in [7, 11) is 0. The molecule has 2 aromatic carbocycles. The number of nitrogens with zero attached hydrogens (tertiary/aromatic N) is 1. The summed E-state index contributed by atoms with van der Waals surface area (Å²) in [4.78, 5) is 23.9. The molecule has 4 N–H and O–H groups in total. The molecule has 0 aliphatic rings. The average molecular weight is 597 g/mol. The molecule has 0 saturated heterocycles. The van der Waals surface area contributed by atoms with Gasteiger partial charge in [-0.05, 0) is 72.1 Å². The van der Waals surface area contributed by atoms with Gasteiger partial charge in [-0.3, -0.25) is 15.3 Å². The van der Waals surface area contributed by atoms with Crippen LogP contribution in [0.15, 0.2) is 57.5 Å². The number of allylic oxidation sites excluding steroid dienone is 1. The molecule has 0 aliphatic carbocycles. The van der Waals surface area contributed by atoms with Crippen LogP contribution >= 0.6 is 31.9 Å². The molecule has 0 aromatic heterocycles. The number of carbonyl (C=O) groups excluding carboxylic acids is 2. The number of nitrogens with one attached hydrogen (secondary N) is 2. The third-order valence-electron chi connectivity index (χ3n) is 4.57. The van der Waals surface area contributed by atoms with Crippen LogP contribution in [0, 0.1) is 11.3 Å². The molecule has 11 heteroatoms. The standard InChI is InChI=1S/C23H23Br2N3O6/c1-2-33-19(5-3-4-6-20(29)28-32)22(17-11-15(24)12-18(25)21(17)30)34-23(31)27-16-9-7-14(13-26)8-10-16/h4,6-12,19,22,30,32H,2-3,5H2,1H3,(H,27,31)(H,28,29)/b6-4+/t19-,22-/m1/s1. The first-order chi connectivity index (χ1) is 16.3. The maximum Gasteiger partial charge on any atom is 0.412 e. The Morgan fingerprint density at radius 2 is 1.94 bits per heavy atom. The number of hydrogen-bond acceptors (Lipinski definition) is 7. The zero-order valence-corrected chi connectivity index (χ0v) is 21.3. The number of amides is 2. The van der Waals surface area contributed by atoms with Crippen LogP contribution in [0.25, 0.3) is 0 Å². The molecule has 0 bridgehead atoms. The number of phenols is 1. The summed E-state index contributed by atoms with van der Waals surface area (Å²) in [5.41, 5.74) is 2.69. The number of benzene rings is 2. The molecule has 9 nitrogen and oxygen atoms in total. The van der Waals surface area contributed by atoms with Gasteiger partial charge in [-0.25, -0.2) is 10.3 Å². The van der Waals surface area contributed by atoms with Gasteiger partial charge in [0.25, 0.3) is 5.91 Å². The maximum absolute atomic E-state index is 12.7. The fraction of sp³-hybridized carbons (Fsp3) is 0.261. The predicted molar refractivity (Wildman–Crippen MR) is 131 cm³/mol. The maximum atomic E-state index is 12.7. The van der Waals surface area contributed by atoms with Gasteiger partial charge in [0.05, 0.1) is 22.2 Å². The minimum absolute atomic E-state index is 0.112. The summed E-state index contributed by atoms with van der Waals surface area (Å²) >= 11 is 6.67. The molecule has 2 amide bonds. The molecule has 2 atom stereocenters. The van der Waals surface area contributed by atoms with Gasteiger partial charge in [0.1, 0.15) is 5.75 Å². The Morgan fingerprint density at radius 3 is 2.56 bits per heavy atom. The molecule has 2 aromatic rings. The van der Waals surface area contributed by atoms with Crippen molar-refractivity contribution >= 4 is 49.5 Å². The first kappa shape index (κ1) is 27.3. The van der Waals surface area contributed by atoms with Crippen LogP contribution in [-0.4, -0.2) is 35.0 Å². The molecular weight excluding hydrogens is 574 g/mol. The average Bonchev–Trinajstić information content (AvgIpc) is 2.82. The Bertz CT molecular complexity index is 1070. The van der Waals surface area contributed by atoms with Crippen molar-refractivity contribution in [2.24, 2.45) is 0 Å². The Kier molecular flexibility index (Phi) is 11.0. The van der Waals surface area contributed by atoms with E-state index in [-0.39, 0.29) is 5.75 Å². The Balaban J connectivity index is 2.31. The highest BCUT2D eigenvalue weighted by molar-refractivity contribution is 9.11. The minimum Gasteiger partial charge on any atom is -0.506 e. The Morgan fingerprint density at radius 1 is 1.24 bits per heavy atom. The second-order valence-corrected chi connectivity index (χ2v) is 8.69. The molecular formula is C23H23Br2N3O6. The number of anilines is 1. The van der Waals surface area contributed by atoms with Crippen molar-refractivity contribution in [2.75, 3.05) is 11.9 Å². The van der Waals surface area contributed by atoms with Crippen LogP contribution in [0.3, 0.4) is 0 Å². The lowest BCUT2D eigenvalue weighted by atomic mass is 9.99. The van der Waals surface area contributed by atoms with E-state index < -0.39 is 24.2 Å². The van der Waals surface area contributed by atoms with Gasteiger partial charge in [-0.15, -0.1) is 0 Å². The second kappa shape index (κ2) is 13.7. The van der Waals surface area contributed by atoms with E-state index in [1.807, 2.05) is 6.07 Å². The third-order valence-corrected chi connectivity index (χ3v) is 5.64. The fourth-order valence-corrected chi connectivity index (χ4v) is 4.32. The lowest BCUT2D eigenvalue weighted by Crippen LogP contribution is -2.29. The number of phenolic OH excluding ortho intramolecular Hbond substituents is 1. The fourth-order valence-electron chi connectivity index (χ4n) is 3.06. The van der Waals surface area contributed by atoms with Crippen molar-refractivity contribution in [3.05, 3.63) is 68.6 Å². The van der Waals surface area contributed by atoms with E-state index in [1.54, 1.807) is 49.4 Å². The molecule has 0 radical (unpaired) electrons. The van der Waals surface area contributed by atoms with Gasteiger partial charge in [0.15, 0.2) is 6.10 Å². The van der Waals surface area contributed by atoms with Gasteiger partial charge in [-0.1, -0.05) is 22.0 Å². The largest absolute Gasteiger partial charge is 0.506 e. The quantitative estimate of drug-likeness (QED) is 0.165. The van der Waals surface area contributed by atoms with Gasteiger partial charge >= 0.3 is 6.09 Å². The third kappa shape index (κ3) is 8.14. The van der Waals surface area contributed by atoms with Gasteiger partial charge < -0.3 is 14.6 Å². The van der Waals surface area contributed by atoms with Crippen LogP contribution in [0.4, 0.5) is 10.5 Å². The van der Waals surface area contributed by atoms with E-state index in [2.05, 4.69) is 37.2 Å². The van der Waals surface area contributed by atoms with Crippen LogP contribution in [0.1, 0.15) is 37.0 Å².